The van der Waals surface area contributed by atoms with E-state index in [0.29, 0.717) is 5.75 Å². The number of halogens is 1. The van der Waals surface area contributed by atoms with E-state index < -0.39 is 21.4 Å². The second kappa shape index (κ2) is 6.08. The summed E-state index contributed by atoms with van der Waals surface area (Å²) in [4.78, 5) is -0.286. The first-order valence-corrected chi connectivity index (χ1v) is 8.37. The maximum absolute atomic E-state index is 13.7. The molecule has 1 rings (SSSR count). The Balaban J connectivity index is 2.82. The van der Waals surface area contributed by atoms with Crippen molar-refractivity contribution in [3.63, 3.8) is 0 Å². The first-order valence-electron chi connectivity index (χ1n) is 5.43. The third-order valence-electron chi connectivity index (χ3n) is 2.38. The fraction of sp³-hybridized carbons (Fsp3) is 0.455. The number of anilines is 1. The summed E-state index contributed by atoms with van der Waals surface area (Å²) in [6.45, 7) is 1.78. The number of hydrogen-bond donors (Lipinski definition) is 3. The molecule has 8 heteroatoms. The van der Waals surface area contributed by atoms with Gasteiger partial charge in [0, 0.05) is 12.3 Å². The van der Waals surface area contributed by atoms with Crippen LogP contribution in [0.2, 0.25) is 0 Å². The monoisotopic (exact) mass is 308 g/mol. The van der Waals surface area contributed by atoms with Crippen molar-refractivity contribution in [1.29, 1.82) is 0 Å². The van der Waals surface area contributed by atoms with Gasteiger partial charge >= 0.3 is 0 Å². The SMILES string of the molecule is CSCC(C)(O)CNc1ccc(S(N)(=O)=O)cc1F. The molecule has 0 spiro atoms. The first kappa shape index (κ1) is 16.2. The maximum atomic E-state index is 13.7. The minimum atomic E-state index is -3.91. The van der Waals surface area contributed by atoms with Gasteiger partial charge in [0.25, 0.3) is 0 Å². The predicted molar refractivity (Wildman–Crippen MR) is 75.3 cm³/mol. The lowest BCUT2D eigenvalue weighted by Gasteiger charge is -2.23. The van der Waals surface area contributed by atoms with E-state index in [-0.39, 0.29) is 17.1 Å². The molecule has 0 heterocycles. The van der Waals surface area contributed by atoms with E-state index in [0.717, 1.165) is 6.07 Å². The van der Waals surface area contributed by atoms with Gasteiger partial charge in [0.1, 0.15) is 5.82 Å². The molecular weight excluding hydrogens is 291 g/mol. The smallest absolute Gasteiger partial charge is 0.238 e. The molecule has 0 aromatic heterocycles. The van der Waals surface area contributed by atoms with E-state index in [9.17, 15) is 17.9 Å². The maximum Gasteiger partial charge on any atom is 0.238 e. The zero-order valence-corrected chi connectivity index (χ0v) is 12.3. The van der Waals surface area contributed by atoms with Crippen molar-refractivity contribution in [2.45, 2.75) is 17.4 Å². The van der Waals surface area contributed by atoms with E-state index in [1.807, 2.05) is 6.26 Å². The van der Waals surface area contributed by atoms with Crippen molar-refractivity contribution < 1.29 is 17.9 Å². The van der Waals surface area contributed by atoms with Gasteiger partial charge in [-0.2, -0.15) is 11.8 Å². The van der Waals surface area contributed by atoms with E-state index in [4.69, 9.17) is 5.14 Å². The van der Waals surface area contributed by atoms with E-state index in [1.165, 1.54) is 23.9 Å². The average Bonchev–Trinajstić information content (AvgIpc) is 2.26. The van der Waals surface area contributed by atoms with Gasteiger partial charge in [-0.3, -0.25) is 0 Å². The molecule has 19 heavy (non-hydrogen) atoms. The van der Waals surface area contributed by atoms with Crippen LogP contribution in [0.4, 0.5) is 10.1 Å². The molecule has 0 saturated carbocycles. The van der Waals surface area contributed by atoms with Crippen LogP contribution < -0.4 is 10.5 Å². The van der Waals surface area contributed by atoms with Crippen molar-refractivity contribution in [3.05, 3.63) is 24.0 Å². The summed E-state index contributed by atoms with van der Waals surface area (Å²) in [5.74, 6) is -0.233. The molecule has 1 aromatic rings. The van der Waals surface area contributed by atoms with Gasteiger partial charge in [0.2, 0.25) is 10.0 Å². The molecule has 0 aliphatic rings. The second-order valence-electron chi connectivity index (χ2n) is 4.47. The lowest BCUT2D eigenvalue weighted by atomic mass is 10.1. The minimum absolute atomic E-state index is 0.119. The Labute approximate surface area is 116 Å². The van der Waals surface area contributed by atoms with Crippen LogP contribution >= 0.6 is 11.8 Å². The summed E-state index contributed by atoms with van der Waals surface area (Å²) in [5, 5.41) is 17.6. The number of rotatable bonds is 6. The third kappa shape index (κ3) is 4.98. The Morgan fingerprint density at radius 3 is 2.63 bits per heavy atom. The molecule has 0 bridgehead atoms. The van der Waals surface area contributed by atoms with Gasteiger partial charge in [-0.05, 0) is 31.4 Å². The Kier molecular flexibility index (Phi) is 5.19. The quantitative estimate of drug-likeness (QED) is 0.729. The lowest BCUT2D eigenvalue weighted by Crippen LogP contribution is -2.36. The van der Waals surface area contributed by atoms with Gasteiger partial charge in [-0.25, -0.2) is 17.9 Å². The average molecular weight is 308 g/mol. The first-order chi connectivity index (χ1) is 8.65. The zero-order chi connectivity index (χ0) is 14.7. The highest BCUT2D eigenvalue weighted by molar-refractivity contribution is 7.98. The molecule has 1 unspecified atom stereocenters. The summed E-state index contributed by atoms with van der Waals surface area (Å²) in [6, 6.07) is 3.34. The Morgan fingerprint density at radius 1 is 1.53 bits per heavy atom. The summed E-state index contributed by atoms with van der Waals surface area (Å²) in [5.41, 5.74) is -0.862. The second-order valence-corrected chi connectivity index (χ2v) is 6.90. The standard InChI is InChI=1S/C11H17FN2O3S2/c1-11(15,7-18-2)6-14-10-4-3-8(5-9(10)12)19(13,16)17/h3-5,14-15H,6-7H2,1-2H3,(H2,13,16,17). The zero-order valence-electron chi connectivity index (χ0n) is 10.7. The van der Waals surface area contributed by atoms with Gasteiger partial charge in [0.05, 0.1) is 16.2 Å². The van der Waals surface area contributed by atoms with Gasteiger partial charge in [0.15, 0.2) is 0 Å². The highest BCUT2D eigenvalue weighted by atomic mass is 32.2. The van der Waals surface area contributed by atoms with Gasteiger partial charge in [-0.15, -0.1) is 0 Å². The minimum Gasteiger partial charge on any atom is -0.387 e. The Bertz CT molecular complexity index is 547. The summed E-state index contributed by atoms with van der Waals surface area (Å²) >= 11 is 1.47. The number of nitrogens with two attached hydrogens (primary N) is 1. The van der Waals surface area contributed by atoms with E-state index >= 15 is 0 Å². The van der Waals surface area contributed by atoms with Crippen LogP contribution in [0.3, 0.4) is 0 Å². The normalized spacial score (nSPS) is 15.0. The fourth-order valence-electron chi connectivity index (χ4n) is 1.46. The van der Waals surface area contributed by atoms with Crippen molar-refractivity contribution >= 4 is 27.5 Å². The molecule has 1 aromatic carbocycles. The topological polar surface area (TPSA) is 92.4 Å². The number of sulfonamides is 1. The number of thioether (sulfide) groups is 1. The van der Waals surface area contributed by atoms with Gasteiger partial charge in [-0.1, -0.05) is 0 Å². The summed E-state index contributed by atoms with van der Waals surface area (Å²) in [7, 11) is -3.91. The van der Waals surface area contributed by atoms with Crippen LogP contribution in [0, 0.1) is 5.82 Å². The fourth-order valence-corrected chi connectivity index (χ4v) is 2.71. The highest BCUT2D eigenvalue weighted by Gasteiger charge is 2.20. The number of aliphatic hydroxyl groups is 1. The molecule has 0 aliphatic heterocycles. The molecule has 0 radical (unpaired) electrons. The lowest BCUT2D eigenvalue weighted by molar-refractivity contribution is 0.0996. The van der Waals surface area contributed by atoms with Crippen LogP contribution in [0.1, 0.15) is 6.92 Å². The molecule has 4 N–H and O–H groups in total. The molecular formula is C11H17FN2O3S2. The molecule has 0 saturated heterocycles. The van der Waals surface area contributed by atoms with Crippen molar-refractivity contribution in [1.82, 2.24) is 0 Å². The number of benzene rings is 1. The van der Waals surface area contributed by atoms with Gasteiger partial charge < -0.3 is 10.4 Å². The van der Waals surface area contributed by atoms with Crippen molar-refractivity contribution in [3.8, 4) is 0 Å². The molecule has 108 valence electrons. The van der Waals surface area contributed by atoms with E-state index in [1.54, 1.807) is 6.92 Å². The van der Waals surface area contributed by atoms with E-state index in [2.05, 4.69) is 5.32 Å². The number of hydrogen-bond acceptors (Lipinski definition) is 5. The summed E-state index contributed by atoms with van der Waals surface area (Å²) < 4.78 is 35.8. The van der Waals surface area contributed by atoms with Crippen LogP contribution in [0.5, 0.6) is 0 Å². The summed E-state index contributed by atoms with van der Waals surface area (Å²) in [6.07, 6.45) is 1.86. The third-order valence-corrected chi connectivity index (χ3v) is 4.21. The Hall–Kier alpha value is -0.830. The largest absolute Gasteiger partial charge is 0.387 e. The van der Waals surface area contributed by atoms with Crippen molar-refractivity contribution in [2.75, 3.05) is 23.9 Å². The predicted octanol–water partition coefficient (Wildman–Crippen LogP) is 0.999. The molecule has 1 atom stereocenters. The van der Waals surface area contributed by atoms with Crippen LogP contribution in [0.25, 0.3) is 0 Å². The van der Waals surface area contributed by atoms with Crippen molar-refractivity contribution in [2.24, 2.45) is 5.14 Å². The Morgan fingerprint density at radius 2 is 2.16 bits per heavy atom. The molecule has 5 nitrogen and oxygen atoms in total. The molecule has 0 fully saturated rings. The number of primary sulfonamides is 1. The van der Waals surface area contributed by atoms with Crippen LogP contribution in [-0.2, 0) is 10.0 Å². The number of nitrogens with one attached hydrogen (secondary N) is 1. The molecule has 0 amide bonds. The molecule has 0 aliphatic carbocycles. The van der Waals surface area contributed by atoms with Crippen LogP contribution in [-0.4, -0.2) is 37.7 Å². The highest BCUT2D eigenvalue weighted by Crippen LogP contribution is 2.19. The van der Waals surface area contributed by atoms with Crippen LogP contribution in [0.15, 0.2) is 23.1 Å².